The first-order valence-electron chi connectivity index (χ1n) is 5.27. The lowest BCUT2D eigenvalue weighted by atomic mass is 10.2. The van der Waals surface area contributed by atoms with Gasteiger partial charge in [-0.25, -0.2) is 9.18 Å². The van der Waals surface area contributed by atoms with E-state index in [2.05, 4.69) is 10.1 Å². The van der Waals surface area contributed by atoms with E-state index in [1.54, 1.807) is 0 Å². The first-order chi connectivity index (χ1) is 8.79. The highest BCUT2D eigenvalue weighted by Crippen LogP contribution is 2.34. The van der Waals surface area contributed by atoms with E-state index >= 15 is 0 Å². The lowest BCUT2D eigenvalue weighted by Crippen LogP contribution is -2.22. The van der Waals surface area contributed by atoms with E-state index < -0.39 is 30.2 Å². The van der Waals surface area contributed by atoms with Crippen LogP contribution in [0, 0.1) is 5.82 Å². The molecular formula is C11H8Cl2F3NO2. The van der Waals surface area contributed by atoms with Crippen molar-refractivity contribution >= 4 is 34.9 Å². The van der Waals surface area contributed by atoms with Crippen molar-refractivity contribution in [3.63, 3.8) is 0 Å². The van der Waals surface area contributed by atoms with Gasteiger partial charge in [-0.05, 0) is 12.1 Å². The number of halogens is 5. The number of ether oxygens (including phenoxy) is 1. The van der Waals surface area contributed by atoms with E-state index in [1.165, 1.54) is 0 Å². The number of hydrogen-bond donors (Lipinski definition) is 1. The van der Waals surface area contributed by atoms with Crippen LogP contribution in [0.15, 0.2) is 12.1 Å². The Balaban J connectivity index is 2.03. The van der Waals surface area contributed by atoms with Gasteiger partial charge < -0.3 is 10.1 Å². The maximum absolute atomic E-state index is 12.9. The van der Waals surface area contributed by atoms with Crippen molar-refractivity contribution in [3.05, 3.63) is 28.0 Å². The van der Waals surface area contributed by atoms with Crippen LogP contribution in [-0.2, 0) is 9.53 Å². The summed E-state index contributed by atoms with van der Waals surface area (Å²) in [4.78, 5) is 10.8. The Morgan fingerprint density at radius 2 is 1.95 bits per heavy atom. The summed E-state index contributed by atoms with van der Waals surface area (Å²) in [5, 5.41) is 2.70. The van der Waals surface area contributed by atoms with Crippen LogP contribution in [0.25, 0.3) is 0 Å². The number of esters is 1. The number of anilines is 1. The first kappa shape index (κ1) is 14.3. The van der Waals surface area contributed by atoms with Crippen LogP contribution in [0.1, 0.15) is 6.42 Å². The van der Waals surface area contributed by atoms with E-state index in [0.717, 1.165) is 12.1 Å². The molecule has 0 bridgehead atoms. The molecule has 1 saturated heterocycles. The van der Waals surface area contributed by atoms with Crippen molar-refractivity contribution in [2.24, 2.45) is 0 Å². The molecule has 3 nitrogen and oxygen atoms in total. The Labute approximate surface area is 116 Å². The molecule has 0 aliphatic carbocycles. The van der Waals surface area contributed by atoms with Gasteiger partial charge in [0, 0.05) is 0 Å². The van der Waals surface area contributed by atoms with Crippen LogP contribution in [0.4, 0.5) is 18.9 Å². The average molecular weight is 314 g/mol. The number of cyclic esters (lactones) is 1. The van der Waals surface area contributed by atoms with Gasteiger partial charge in [-0.2, -0.15) is 8.78 Å². The largest absolute Gasteiger partial charge is 0.456 e. The predicted molar refractivity (Wildman–Crippen MR) is 64.4 cm³/mol. The number of carbonyl (C=O) groups is 1. The van der Waals surface area contributed by atoms with Crippen LogP contribution in [0.5, 0.6) is 0 Å². The minimum Gasteiger partial charge on any atom is -0.456 e. The molecule has 0 aromatic heterocycles. The topological polar surface area (TPSA) is 38.3 Å². The zero-order chi connectivity index (χ0) is 14.2. The fraction of sp³-hybridized carbons (Fsp3) is 0.364. The Morgan fingerprint density at radius 1 is 1.37 bits per heavy atom. The molecule has 19 heavy (non-hydrogen) atoms. The molecule has 1 heterocycles. The fourth-order valence-corrected chi connectivity index (χ4v) is 2.28. The molecule has 0 spiro atoms. The smallest absolute Gasteiger partial charge is 0.377 e. The standard InChI is InChI=1S/C11H8Cl2F3NO2/c12-7-1-5(14)2-8(13)9(7)17-4-6-3-11(15,16)10(18)19-6/h1-2,6,17H,3-4H2. The molecule has 104 valence electrons. The lowest BCUT2D eigenvalue weighted by molar-refractivity contribution is -0.158. The Bertz CT molecular complexity index is 502. The highest BCUT2D eigenvalue weighted by molar-refractivity contribution is 6.39. The normalized spacial score (nSPS) is 21.3. The van der Waals surface area contributed by atoms with E-state index in [4.69, 9.17) is 23.2 Å². The summed E-state index contributed by atoms with van der Waals surface area (Å²) in [6, 6.07) is 2.07. The van der Waals surface area contributed by atoms with Gasteiger partial charge in [-0.15, -0.1) is 0 Å². The SMILES string of the molecule is O=C1OC(CNc2c(Cl)cc(F)cc2Cl)CC1(F)F. The number of alkyl halides is 2. The zero-order valence-electron chi connectivity index (χ0n) is 9.35. The van der Waals surface area contributed by atoms with E-state index in [0.29, 0.717) is 0 Å². The monoisotopic (exact) mass is 313 g/mol. The van der Waals surface area contributed by atoms with Crippen LogP contribution in [0.3, 0.4) is 0 Å². The molecule has 1 aromatic carbocycles. The van der Waals surface area contributed by atoms with E-state index in [-0.39, 0.29) is 22.3 Å². The molecule has 1 fully saturated rings. The maximum atomic E-state index is 12.9. The lowest BCUT2D eigenvalue weighted by Gasteiger charge is -2.13. The van der Waals surface area contributed by atoms with Crippen molar-refractivity contribution in [2.45, 2.75) is 18.4 Å². The summed E-state index contributed by atoms with van der Waals surface area (Å²) in [6.45, 7) is -0.0909. The Kier molecular flexibility index (Phi) is 3.82. The number of nitrogens with one attached hydrogen (secondary N) is 1. The summed E-state index contributed by atoms with van der Waals surface area (Å²) in [7, 11) is 0. The number of rotatable bonds is 3. The van der Waals surface area contributed by atoms with Gasteiger partial charge >= 0.3 is 11.9 Å². The summed E-state index contributed by atoms with van der Waals surface area (Å²) in [5.74, 6) is -5.63. The molecule has 1 unspecified atom stereocenters. The van der Waals surface area contributed by atoms with Gasteiger partial charge in [0.25, 0.3) is 0 Å². The summed E-state index contributed by atoms with van der Waals surface area (Å²) in [6.07, 6.45) is -1.70. The molecule has 0 amide bonds. The summed E-state index contributed by atoms with van der Waals surface area (Å²) in [5.41, 5.74) is 0.205. The molecule has 1 N–H and O–H groups in total. The number of hydrogen-bond acceptors (Lipinski definition) is 3. The zero-order valence-corrected chi connectivity index (χ0v) is 10.9. The molecule has 1 aliphatic heterocycles. The van der Waals surface area contributed by atoms with Crippen molar-refractivity contribution in [3.8, 4) is 0 Å². The Morgan fingerprint density at radius 3 is 2.42 bits per heavy atom. The van der Waals surface area contributed by atoms with E-state index in [9.17, 15) is 18.0 Å². The van der Waals surface area contributed by atoms with Gasteiger partial charge in [0.1, 0.15) is 11.9 Å². The fourth-order valence-electron chi connectivity index (χ4n) is 1.69. The second-order valence-corrected chi connectivity index (χ2v) is 4.88. The number of benzene rings is 1. The van der Waals surface area contributed by atoms with Crippen molar-refractivity contribution in [1.29, 1.82) is 0 Å². The third-order valence-corrected chi connectivity index (χ3v) is 3.17. The molecule has 1 atom stereocenters. The van der Waals surface area contributed by atoms with Crippen LogP contribution in [-0.4, -0.2) is 24.5 Å². The molecule has 1 aliphatic rings. The second kappa shape index (κ2) is 5.09. The molecule has 1 aromatic rings. The summed E-state index contributed by atoms with van der Waals surface area (Å²) >= 11 is 11.5. The molecule has 0 radical (unpaired) electrons. The van der Waals surface area contributed by atoms with Gasteiger partial charge in [-0.3, -0.25) is 0 Å². The first-order valence-corrected chi connectivity index (χ1v) is 6.02. The predicted octanol–water partition coefficient (Wildman–Crippen LogP) is 3.50. The molecule has 2 rings (SSSR count). The van der Waals surface area contributed by atoms with Gasteiger partial charge in [0.05, 0.1) is 28.7 Å². The van der Waals surface area contributed by atoms with Crippen LogP contribution in [0.2, 0.25) is 10.0 Å². The van der Waals surface area contributed by atoms with Crippen LogP contribution >= 0.6 is 23.2 Å². The molecule has 8 heteroatoms. The van der Waals surface area contributed by atoms with Gasteiger partial charge in [0.15, 0.2) is 0 Å². The third kappa shape index (κ3) is 3.06. The average Bonchev–Trinajstić information content (AvgIpc) is 2.51. The molecular weight excluding hydrogens is 306 g/mol. The van der Waals surface area contributed by atoms with Crippen molar-refractivity contribution in [2.75, 3.05) is 11.9 Å². The maximum Gasteiger partial charge on any atom is 0.377 e. The highest BCUT2D eigenvalue weighted by Gasteiger charge is 2.50. The van der Waals surface area contributed by atoms with Crippen molar-refractivity contribution < 1.29 is 22.7 Å². The second-order valence-electron chi connectivity index (χ2n) is 4.06. The van der Waals surface area contributed by atoms with Gasteiger partial charge in [-0.1, -0.05) is 23.2 Å². The molecule has 0 saturated carbocycles. The Hall–Kier alpha value is -1.14. The minimum absolute atomic E-state index is 0.0149. The summed E-state index contributed by atoms with van der Waals surface area (Å²) < 4.78 is 43.3. The number of carbonyl (C=O) groups excluding carboxylic acids is 1. The highest BCUT2D eigenvalue weighted by atomic mass is 35.5. The van der Waals surface area contributed by atoms with Crippen LogP contribution < -0.4 is 5.32 Å². The third-order valence-electron chi connectivity index (χ3n) is 2.57. The quantitative estimate of drug-likeness (QED) is 0.868. The van der Waals surface area contributed by atoms with Gasteiger partial charge in [0.2, 0.25) is 0 Å². The van der Waals surface area contributed by atoms with Crippen molar-refractivity contribution in [1.82, 2.24) is 0 Å². The minimum atomic E-state index is -3.47. The van der Waals surface area contributed by atoms with E-state index in [1.807, 2.05) is 0 Å².